The number of ether oxygens (including phenoxy) is 1. The van der Waals surface area contributed by atoms with Crippen molar-refractivity contribution in [3.63, 3.8) is 0 Å². The SMILES string of the molecule is CC1(NCC2CCCCO2)CCNC1. The highest BCUT2D eigenvalue weighted by molar-refractivity contribution is 4.92. The van der Waals surface area contributed by atoms with E-state index in [2.05, 4.69) is 17.6 Å². The molecule has 3 nitrogen and oxygen atoms in total. The minimum absolute atomic E-state index is 0.306. The van der Waals surface area contributed by atoms with E-state index in [0.717, 1.165) is 26.2 Å². The van der Waals surface area contributed by atoms with Crippen LogP contribution in [0.25, 0.3) is 0 Å². The molecule has 0 aromatic carbocycles. The number of rotatable bonds is 3. The second kappa shape index (κ2) is 4.60. The summed E-state index contributed by atoms with van der Waals surface area (Å²) in [6.45, 7) is 6.53. The van der Waals surface area contributed by atoms with Crippen LogP contribution in [-0.4, -0.2) is 37.9 Å². The average Bonchev–Trinajstić information content (AvgIpc) is 2.65. The summed E-state index contributed by atoms with van der Waals surface area (Å²) in [7, 11) is 0. The van der Waals surface area contributed by atoms with Crippen LogP contribution in [0.15, 0.2) is 0 Å². The van der Waals surface area contributed by atoms with Crippen molar-refractivity contribution in [3.8, 4) is 0 Å². The maximum atomic E-state index is 5.70. The molecule has 0 radical (unpaired) electrons. The monoisotopic (exact) mass is 198 g/mol. The van der Waals surface area contributed by atoms with Gasteiger partial charge in [-0.15, -0.1) is 0 Å². The van der Waals surface area contributed by atoms with Crippen LogP contribution >= 0.6 is 0 Å². The molecule has 2 unspecified atom stereocenters. The van der Waals surface area contributed by atoms with Crippen LogP contribution in [0.1, 0.15) is 32.6 Å². The van der Waals surface area contributed by atoms with Crippen LogP contribution in [0, 0.1) is 0 Å². The molecule has 2 fully saturated rings. The van der Waals surface area contributed by atoms with E-state index in [1.165, 1.54) is 25.7 Å². The maximum Gasteiger partial charge on any atom is 0.0699 e. The summed E-state index contributed by atoms with van der Waals surface area (Å²) in [6, 6.07) is 0. The molecule has 2 aliphatic rings. The van der Waals surface area contributed by atoms with Gasteiger partial charge in [0.1, 0.15) is 0 Å². The topological polar surface area (TPSA) is 33.3 Å². The lowest BCUT2D eigenvalue weighted by molar-refractivity contribution is 0.0131. The van der Waals surface area contributed by atoms with Crippen LogP contribution < -0.4 is 10.6 Å². The van der Waals surface area contributed by atoms with Crippen LogP contribution in [0.3, 0.4) is 0 Å². The minimum Gasteiger partial charge on any atom is -0.377 e. The lowest BCUT2D eigenvalue weighted by Crippen LogP contribution is -2.48. The van der Waals surface area contributed by atoms with Gasteiger partial charge in [0.15, 0.2) is 0 Å². The average molecular weight is 198 g/mol. The maximum absolute atomic E-state index is 5.70. The van der Waals surface area contributed by atoms with E-state index in [-0.39, 0.29) is 0 Å². The van der Waals surface area contributed by atoms with Crippen molar-refractivity contribution in [2.24, 2.45) is 0 Å². The van der Waals surface area contributed by atoms with Gasteiger partial charge < -0.3 is 15.4 Å². The van der Waals surface area contributed by atoms with Gasteiger partial charge in [0.25, 0.3) is 0 Å². The first-order valence-corrected chi connectivity index (χ1v) is 5.86. The van der Waals surface area contributed by atoms with Crippen LogP contribution in [0.2, 0.25) is 0 Å². The highest BCUT2D eigenvalue weighted by atomic mass is 16.5. The third-order valence-corrected chi connectivity index (χ3v) is 3.40. The Morgan fingerprint density at radius 3 is 3.07 bits per heavy atom. The minimum atomic E-state index is 0.306. The Bertz CT molecular complexity index is 172. The Morgan fingerprint density at radius 2 is 2.43 bits per heavy atom. The molecule has 82 valence electrons. The first kappa shape index (κ1) is 10.4. The first-order chi connectivity index (χ1) is 6.79. The summed E-state index contributed by atoms with van der Waals surface area (Å²) in [5.41, 5.74) is 0.306. The molecule has 0 aromatic rings. The van der Waals surface area contributed by atoms with Crippen LogP contribution in [0.5, 0.6) is 0 Å². The molecule has 0 amide bonds. The van der Waals surface area contributed by atoms with E-state index in [0.29, 0.717) is 11.6 Å². The van der Waals surface area contributed by atoms with Gasteiger partial charge in [0.05, 0.1) is 6.10 Å². The Labute approximate surface area is 86.6 Å². The Kier molecular flexibility index (Phi) is 3.42. The molecule has 2 N–H and O–H groups in total. The molecule has 0 aliphatic carbocycles. The van der Waals surface area contributed by atoms with Gasteiger partial charge in [0.2, 0.25) is 0 Å². The molecule has 0 aromatic heterocycles. The molecular weight excluding hydrogens is 176 g/mol. The fraction of sp³-hybridized carbons (Fsp3) is 1.00. The predicted octanol–water partition coefficient (Wildman–Crippen LogP) is 0.897. The third-order valence-electron chi connectivity index (χ3n) is 3.40. The number of nitrogens with one attached hydrogen (secondary N) is 2. The zero-order valence-corrected chi connectivity index (χ0v) is 9.14. The molecule has 2 rings (SSSR count). The quantitative estimate of drug-likeness (QED) is 0.707. The molecule has 0 spiro atoms. The van der Waals surface area contributed by atoms with Crippen molar-refractivity contribution in [1.29, 1.82) is 0 Å². The first-order valence-electron chi connectivity index (χ1n) is 5.86. The van der Waals surface area contributed by atoms with Crippen LogP contribution in [-0.2, 0) is 4.74 Å². The van der Waals surface area contributed by atoms with Gasteiger partial charge in [-0.25, -0.2) is 0 Å². The van der Waals surface area contributed by atoms with Crippen molar-refractivity contribution in [1.82, 2.24) is 10.6 Å². The highest BCUT2D eigenvalue weighted by Crippen LogP contribution is 2.16. The highest BCUT2D eigenvalue weighted by Gasteiger charge is 2.28. The van der Waals surface area contributed by atoms with Crippen molar-refractivity contribution < 1.29 is 4.74 Å². The summed E-state index contributed by atoms with van der Waals surface area (Å²) in [5.74, 6) is 0. The van der Waals surface area contributed by atoms with Gasteiger partial charge in [0, 0.05) is 25.2 Å². The fourth-order valence-corrected chi connectivity index (χ4v) is 2.30. The zero-order valence-electron chi connectivity index (χ0n) is 9.14. The van der Waals surface area contributed by atoms with Crippen molar-refractivity contribution in [2.75, 3.05) is 26.2 Å². The smallest absolute Gasteiger partial charge is 0.0699 e. The lowest BCUT2D eigenvalue weighted by Gasteiger charge is -2.29. The Morgan fingerprint density at radius 1 is 1.50 bits per heavy atom. The molecule has 2 saturated heterocycles. The van der Waals surface area contributed by atoms with E-state index in [4.69, 9.17) is 4.74 Å². The molecule has 0 saturated carbocycles. The van der Waals surface area contributed by atoms with E-state index in [1.54, 1.807) is 0 Å². The second-order valence-corrected chi connectivity index (χ2v) is 4.86. The Balaban J connectivity index is 1.70. The van der Waals surface area contributed by atoms with Crippen molar-refractivity contribution >= 4 is 0 Å². The third kappa shape index (κ3) is 2.69. The van der Waals surface area contributed by atoms with E-state index in [9.17, 15) is 0 Å². The summed E-state index contributed by atoms with van der Waals surface area (Å²) in [5, 5.41) is 7.04. The molecule has 2 atom stereocenters. The zero-order chi connectivity index (χ0) is 9.86. The predicted molar refractivity (Wildman–Crippen MR) is 57.5 cm³/mol. The number of hydrogen-bond acceptors (Lipinski definition) is 3. The van der Waals surface area contributed by atoms with Gasteiger partial charge >= 0.3 is 0 Å². The fourth-order valence-electron chi connectivity index (χ4n) is 2.30. The molecular formula is C11H22N2O. The van der Waals surface area contributed by atoms with Gasteiger partial charge in [-0.2, -0.15) is 0 Å². The molecule has 2 heterocycles. The van der Waals surface area contributed by atoms with Gasteiger partial charge in [-0.3, -0.25) is 0 Å². The molecule has 0 bridgehead atoms. The lowest BCUT2D eigenvalue weighted by atomic mass is 10.0. The molecule has 3 heteroatoms. The van der Waals surface area contributed by atoms with E-state index >= 15 is 0 Å². The van der Waals surface area contributed by atoms with E-state index in [1.807, 2.05) is 0 Å². The molecule has 14 heavy (non-hydrogen) atoms. The van der Waals surface area contributed by atoms with Crippen molar-refractivity contribution in [3.05, 3.63) is 0 Å². The van der Waals surface area contributed by atoms with Gasteiger partial charge in [-0.1, -0.05) is 0 Å². The van der Waals surface area contributed by atoms with Gasteiger partial charge in [-0.05, 0) is 39.2 Å². The van der Waals surface area contributed by atoms with Crippen LogP contribution in [0.4, 0.5) is 0 Å². The normalized spacial score (nSPS) is 38.8. The number of hydrogen-bond donors (Lipinski definition) is 2. The summed E-state index contributed by atoms with van der Waals surface area (Å²) in [6.07, 6.45) is 5.51. The Hall–Kier alpha value is -0.120. The largest absolute Gasteiger partial charge is 0.377 e. The summed E-state index contributed by atoms with van der Waals surface area (Å²) in [4.78, 5) is 0. The second-order valence-electron chi connectivity index (χ2n) is 4.86. The standard InChI is InChI=1S/C11H22N2O/c1-11(5-6-12-9-11)13-8-10-4-2-3-7-14-10/h10,12-13H,2-9H2,1H3. The molecule has 2 aliphatic heterocycles. The van der Waals surface area contributed by atoms with Crippen molar-refractivity contribution in [2.45, 2.75) is 44.2 Å². The summed E-state index contributed by atoms with van der Waals surface area (Å²) >= 11 is 0. The van der Waals surface area contributed by atoms with E-state index < -0.39 is 0 Å². The summed E-state index contributed by atoms with van der Waals surface area (Å²) < 4.78 is 5.70.